The predicted molar refractivity (Wildman–Crippen MR) is 77.9 cm³/mol. The van der Waals surface area contributed by atoms with Crippen LogP contribution < -0.4 is 109 Å². The fraction of sp³-hybridized carbons (Fsp3) is 0.500. The van der Waals surface area contributed by atoms with E-state index in [0.717, 1.165) is 6.33 Å². The third kappa shape index (κ3) is 7.50. The van der Waals surface area contributed by atoms with Crippen LogP contribution in [-0.4, -0.2) is 54.7 Å². The van der Waals surface area contributed by atoms with Crippen molar-refractivity contribution in [2.24, 2.45) is 0 Å². The zero-order valence-corrected chi connectivity index (χ0v) is 23.9. The van der Waals surface area contributed by atoms with Crippen molar-refractivity contribution >= 4 is 32.6 Å². The first-order valence-electron chi connectivity index (χ1n) is 7.12. The van der Waals surface area contributed by atoms with Crippen molar-refractivity contribution < 1.29 is 136 Å². The van der Waals surface area contributed by atoms with Crippen molar-refractivity contribution in [1.82, 2.24) is 19.5 Å². The summed E-state index contributed by atoms with van der Waals surface area (Å²) in [6, 6.07) is 0. The average Bonchev–Trinajstić information content (AvgIpc) is 3.07. The second-order valence-corrected chi connectivity index (χ2v) is 8.10. The molecule has 1 saturated heterocycles. The Labute approximate surface area is 235 Å². The Morgan fingerprint density at radius 2 is 1.77 bits per heavy atom. The number of phosphoric acid groups is 2. The van der Waals surface area contributed by atoms with E-state index in [0.29, 0.717) is 0 Å². The van der Waals surface area contributed by atoms with E-state index in [-0.39, 0.29) is 106 Å². The van der Waals surface area contributed by atoms with Gasteiger partial charge >= 0.3 is 88.7 Å². The van der Waals surface area contributed by atoms with E-state index >= 15 is 0 Å². The fourth-order valence-corrected chi connectivity index (χ4v) is 3.96. The van der Waals surface area contributed by atoms with Gasteiger partial charge in [0, 0.05) is 0 Å². The van der Waals surface area contributed by atoms with Gasteiger partial charge in [-0.1, -0.05) is 0 Å². The summed E-state index contributed by atoms with van der Waals surface area (Å²) in [7, 11) is -11.4. The Hall–Kier alpha value is 1.49. The molecule has 20 heteroatoms. The van der Waals surface area contributed by atoms with Gasteiger partial charge in [-0.15, -0.1) is 0 Å². The van der Waals surface area contributed by atoms with Crippen molar-refractivity contribution in [1.29, 1.82) is 0 Å². The third-order valence-electron chi connectivity index (χ3n) is 3.60. The summed E-state index contributed by atoms with van der Waals surface area (Å²) in [5, 5.41) is 20.2. The summed E-state index contributed by atoms with van der Waals surface area (Å²) in [6.45, 7) is -0.931. The first-order valence-corrected chi connectivity index (χ1v) is 10.0. The number of hydrogen-bond donors (Lipinski definition) is 3. The minimum absolute atomic E-state index is 0. The summed E-state index contributed by atoms with van der Waals surface area (Å²) in [5.74, 6) is 0.0655. The minimum atomic E-state index is -5.85. The third-order valence-corrected chi connectivity index (χ3v) is 5.66. The first-order chi connectivity index (χ1) is 12.5. The SMILES string of the molecule is Nc1ncnc2c1ncn2C1OC(COP(=O)([O-])OP(=O)([O-])[O-])C(O)C1O.[Na+].[Na+].[Na+]. The van der Waals surface area contributed by atoms with Crippen LogP contribution in [0, 0.1) is 0 Å². The zero-order valence-electron chi connectivity index (χ0n) is 16.1. The maximum Gasteiger partial charge on any atom is 1.00 e. The number of aliphatic hydroxyl groups excluding tert-OH is 2. The normalized spacial score (nSPS) is 25.6. The maximum absolute atomic E-state index is 11.3. The van der Waals surface area contributed by atoms with E-state index in [2.05, 4.69) is 23.8 Å². The Bertz CT molecular complexity index is 946. The van der Waals surface area contributed by atoms with Crippen molar-refractivity contribution in [3.63, 3.8) is 0 Å². The van der Waals surface area contributed by atoms with Crippen molar-refractivity contribution in [3.05, 3.63) is 12.7 Å². The Balaban J connectivity index is 0.00000280. The zero-order chi connectivity index (χ0) is 20.0. The molecule has 1 fully saturated rings. The quantitative estimate of drug-likeness (QED) is 0.250. The van der Waals surface area contributed by atoms with Gasteiger partial charge in [-0.05, 0) is 0 Å². The number of aromatic nitrogens is 4. The van der Waals surface area contributed by atoms with E-state index in [1.807, 2.05) is 0 Å². The standard InChI is InChI=1S/C10H15N5O10P2.3Na/c11-8-5-9(13-2-12-8)15(3-14-5)10-7(17)6(16)4(24-10)1-23-27(21,22)25-26(18,19)20;;;/h2-4,6-7,10,16-17H,1H2,(H,21,22)(H2,11,12,13)(H2,18,19,20);;;/q;3*+1/p-3. The number of phosphoric ester groups is 1. The van der Waals surface area contributed by atoms with Crippen LogP contribution in [-0.2, 0) is 22.7 Å². The average molecular weight is 493 g/mol. The number of rotatable bonds is 6. The summed E-state index contributed by atoms with van der Waals surface area (Å²) in [5.41, 5.74) is 6.04. The van der Waals surface area contributed by atoms with Crippen LogP contribution in [0.1, 0.15) is 6.23 Å². The molecule has 15 nitrogen and oxygen atoms in total. The van der Waals surface area contributed by atoms with E-state index < -0.39 is 46.8 Å². The second kappa shape index (κ2) is 12.3. The minimum Gasteiger partial charge on any atom is -0.790 e. The predicted octanol–water partition coefficient (Wildman–Crippen LogP) is -12.6. The fourth-order valence-electron chi connectivity index (χ4n) is 2.46. The molecule has 1 aliphatic rings. The molecule has 0 radical (unpaired) electrons. The molecule has 4 N–H and O–H groups in total. The van der Waals surface area contributed by atoms with Gasteiger partial charge in [0.1, 0.15) is 30.2 Å². The molecule has 2 aromatic rings. The molecule has 2 aromatic heterocycles. The summed E-state index contributed by atoms with van der Waals surface area (Å²) in [4.78, 5) is 43.7. The molecule has 5 atom stereocenters. The number of imidazole rings is 1. The van der Waals surface area contributed by atoms with Gasteiger partial charge in [-0.2, -0.15) is 0 Å². The van der Waals surface area contributed by atoms with E-state index in [9.17, 15) is 34.0 Å². The van der Waals surface area contributed by atoms with E-state index in [1.54, 1.807) is 0 Å². The molecular weight excluding hydrogens is 481 g/mol. The van der Waals surface area contributed by atoms with E-state index in [1.165, 1.54) is 10.9 Å². The molecular formula is C10H12N5Na3O10P2. The van der Waals surface area contributed by atoms with Gasteiger partial charge in [0.2, 0.25) is 0 Å². The number of aliphatic hydroxyl groups is 2. The van der Waals surface area contributed by atoms with Crippen LogP contribution in [0.25, 0.3) is 11.2 Å². The monoisotopic (exact) mass is 493 g/mol. The number of nitrogen functional groups attached to an aromatic ring is 1. The molecule has 3 heterocycles. The van der Waals surface area contributed by atoms with Crippen LogP contribution in [0.4, 0.5) is 5.82 Å². The van der Waals surface area contributed by atoms with Gasteiger partial charge in [-0.3, -0.25) is 13.4 Å². The smallest absolute Gasteiger partial charge is 0.790 e. The Morgan fingerprint density at radius 1 is 1.13 bits per heavy atom. The van der Waals surface area contributed by atoms with Crippen LogP contribution >= 0.6 is 15.6 Å². The molecule has 0 saturated carbocycles. The summed E-state index contributed by atoms with van der Waals surface area (Å²) in [6.07, 6.45) is -3.48. The van der Waals surface area contributed by atoms with Gasteiger partial charge in [-0.25, -0.2) is 15.0 Å². The number of hydrogen-bond acceptors (Lipinski definition) is 14. The number of fused-ring (bicyclic) bond motifs is 1. The molecule has 1 aliphatic heterocycles. The van der Waals surface area contributed by atoms with Crippen LogP contribution in [0.15, 0.2) is 12.7 Å². The molecule has 30 heavy (non-hydrogen) atoms. The number of ether oxygens (including phenoxy) is 1. The molecule has 0 bridgehead atoms. The van der Waals surface area contributed by atoms with Gasteiger partial charge in [0.25, 0.3) is 7.82 Å². The number of nitrogens with zero attached hydrogens (tertiary/aromatic N) is 4. The van der Waals surface area contributed by atoms with Crippen LogP contribution in [0.3, 0.4) is 0 Å². The van der Waals surface area contributed by atoms with Crippen LogP contribution in [0.5, 0.6) is 0 Å². The number of anilines is 1. The van der Waals surface area contributed by atoms with Crippen molar-refractivity contribution in [3.8, 4) is 0 Å². The van der Waals surface area contributed by atoms with Crippen LogP contribution in [0.2, 0.25) is 0 Å². The Morgan fingerprint density at radius 3 is 2.37 bits per heavy atom. The van der Waals surface area contributed by atoms with Gasteiger partial charge < -0.3 is 44.5 Å². The topological polar surface area (TPSA) is 241 Å². The molecule has 3 rings (SSSR count). The summed E-state index contributed by atoms with van der Waals surface area (Å²) < 4.78 is 35.7. The molecule has 5 unspecified atom stereocenters. The number of nitrogens with two attached hydrogens (primary N) is 1. The van der Waals surface area contributed by atoms with Gasteiger partial charge in [0.05, 0.1) is 20.8 Å². The first kappa shape index (κ1) is 31.5. The largest absolute Gasteiger partial charge is 1.00 e. The van der Waals surface area contributed by atoms with Crippen molar-refractivity contribution in [2.75, 3.05) is 12.3 Å². The maximum atomic E-state index is 11.3. The van der Waals surface area contributed by atoms with Gasteiger partial charge in [0.15, 0.2) is 17.7 Å². The molecule has 0 amide bonds. The van der Waals surface area contributed by atoms with Crippen molar-refractivity contribution in [2.45, 2.75) is 24.5 Å². The second-order valence-electron chi connectivity index (χ2n) is 5.40. The van der Waals surface area contributed by atoms with E-state index in [4.69, 9.17) is 10.5 Å². The molecule has 0 aromatic carbocycles. The summed E-state index contributed by atoms with van der Waals surface area (Å²) >= 11 is 0. The molecule has 0 spiro atoms. The Kier molecular flexibility index (Phi) is 12.9. The molecule has 0 aliphatic carbocycles. The molecule has 150 valence electrons.